The molecule has 0 unspecified atom stereocenters. The summed E-state index contributed by atoms with van der Waals surface area (Å²) in [6.45, 7) is 6.46. The molecule has 0 saturated carbocycles. The van der Waals surface area contributed by atoms with Gasteiger partial charge in [0.15, 0.2) is 11.5 Å². The number of thiazole rings is 1. The maximum absolute atomic E-state index is 5.44. The molecule has 5 rings (SSSR count). The highest BCUT2D eigenvalue weighted by Gasteiger charge is 2.27. The van der Waals surface area contributed by atoms with Crippen LogP contribution >= 0.6 is 11.3 Å². The van der Waals surface area contributed by atoms with Crippen molar-refractivity contribution in [1.29, 1.82) is 0 Å². The van der Waals surface area contributed by atoms with E-state index in [1.54, 1.807) is 11.3 Å². The van der Waals surface area contributed by atoms with Crippen molar-refractivity contribution in [2.45, 2.75) is 18.9 Å². The normalized spacial score (nSPS) is 21.7. The Hall–Kier alpha value is -2.03. The number of ether oxygens (including phenoxy) is 1. The van der Waals surface area contributed by atoms with Crippen LogP contribution in [0.3, 0.4) is 0 Å². The summed E-state index contributed by atoms with van der Waals surface area (Å²) in [7, 11) is 0. The largest absolute Gasteiger partial charge is 0.378 e. The van der Waals surface area contributed by atoms with Crippen molar-refractivity contribution in [3.05, 3.63) is 40.7 Å². The molecule has 2 aliphatic heterocycles. The molecule has 0 aliphatic carbocycles. The zero-order chi connectivity index (χ0) is 17.3. The number of aromatic nitrogens is 4. The summed E-state index contributed by atoms with van der Waals surface area (Å²) in [6.07, 6.45) is 5.08. The Morgan fingerprint density at radius 2 is 2.12 bits per heavy atom. The van der Waals surface area contributed by atoms with Gasteiger partial charge < -0.3 is 9.64 Å². The lowest BCUT2D eigenvalue weighted by atomic mass is 10.1. The molecular formula is C18H22N6OS. The van der Waals surface area contributed by atoms with E-state index >= 15 is 0 Å². The molecule has 3 aromatic rings. The maximum Gasteiger partial charge on any atom is 0.156 e. The zero-order valence-electron chi connectivity index (χ0n) is 14.6. The summed E-state index contributed by atoms with van der Waals surface area (Å²) in [6, 6.07) is 4.21. The molecule has 1 atom stereocenters. The van der Waals surface area contributed by atoms with Gasteiger partial charge in [0, 0.05) is 37.1 Å². The average Bonchev–Trinajstić information content (AvgIpc) is 3.42. The first-order valence-electron chi connectivity index (χ1n) is 9.15. The summed E-state index contributed by atoms with van der Waals surface area (Å²) < 4.78 is 7.38. The van der Waals surface area contributed by atoms with E-state index < -0.39 is 0 Å². The van der Waals surface area contributed by atoms with E-state index in [0.717, 1.165) is 63.8 Å². The number of rotatable bonds is 4. The van der Waals surface area contributed by atoms with Gasteiger partial charge in [-0.25, -0.2) is 14.5 Å². The zero-order valence-corrected chi connectivity index (χ0v) is 15.4. The number of hydrogen-bond acceptors (Lipinski definition) is 7. The second-order valence-electron chi connectivity index (χ2n) is 6.91. The highest BCUT2D eigenvalue weighted by molar-refractivity contribution is 7.09. The standard InChI is InChI=1S/C18H22N6OS/c1-2-16-20-18(14-3-5-22(11-14)13-17-19-4-10-26-17)21-24(16)12-15(1)23-6-8-25-9-7-23/h1-2,4,10,12,14H,3,5-9,11,13H2/t14-/m1/s1. The summed E-state index contributed by atoms with van der Waals surface area (Å²) in [5.74, 6) is 1.37. The quantitative estimate of drug-likeness (QED) is 0.700. The van der Waals surface area contributed by atoms with Crippen molar-refractivity contribution in [2.24, 2.45) is 0 Å². The number of hydrogen-bond donors (Lipinski definition) is 0. The number of nitrogens with zero attached hydrogens (tertiary/aromatic N) is 6. The number of likely N-dealkylation sites (tertiary alicyclic amines) is 1. The summed E-state index contributed by atoms with van der Waals surface area (Å²) >= 11 is 1.72. The van der Waals surface area contributed by atoms with Crippen LogP contribution in [0.4, 0.5) is 5.69 Å². The predicted molar refractivity (Wildman–Crippen MR) is 101 cm³/mol. The lowest BCUT2D eigenvalue weighted by molar-refractivity contribution is 0.122. The van der Waals surface area contributed by atoms with Crippen LogP contribution in [0.25, 0.3) is 5.65 Å². The predicted octanol–water partition coefficient (Wildman–Crippen LogP) is 2.01. The molecule has 7 nitrogen and oxygen atoms in total. The minimum absolute atomic E-state index is 0.404. The molecule has 0 bridgehead atoms. The first-order chi connectivity index (χ1) is 12.8. The topological polar surface area (TPSA) is 58.8 Å². The summed E-state index contributed by atoms with van der Waals surface area (Å²) in [4.78, 5) is 14.0. The van der Waals surface area contributed by atoms with E-state index in [1.165, 1.54) is 10.7 Å². The van der Waals surface area contributed by atoms with E-state index in [0.29, 0.717) is 5.92 Å². The van der Waals surface area contributed by atoms with Crippen LogP contribution in [0.5, 0.6) is 0 Å². The Kier molecular flexibility index (Phi) is 4.32. The Bertz CT molecular complexity index is 873. The van der Waals surface area contributed by atoms with E-state index in [4.69, 9.17) is 14.8 Å². The minimum atomic E-state index is 0.404. The smallest absolute Gasteiger partial charge is 0.156 e. The monoisotopic (exact) mass is 370 g/mol. The molecule has 0 aromatic carbocycles. The summed E-state index contributed by atoms with van der Waals surface area (Å²) in [5.41, 5.74) is 2.12. The van der Waals surface area contributed by atoms with E-state index in [1.807, 2.05) is 16.1 Å². The van der Waals surface area contributed by atoms with Gasteiger partial charge in [-0.3, -0.25) is 4.90 Å². The lowest BCUT2D eigenvalue weighted by Gasteiger charge is -2.28. The van der Waals surface area contributed by atoms with Crippen LogP contribution in [-0.2, 0) is 11.3 Å². The fraction of sp³-hybridized carbons (Fsp3) is 0.500. The number of fused-ring (bicyclic) bond motifs is 1. The molecule has 0 radical (unpaired) electrons. The van der Waals surface area contributed by atoms with Crippen LogP contribution in [0.1, 0.15) is 23.2 Å². The molecule has 2 fully saturated rings. The van der Waals surface area contributed by atoms with Gasteiger partial charge in [0.25, 0.3) is 0 Å². The number of pyridine rings is 1. The van der Waals surface area contributed by atoms with Gasteiger partial charge in [-0.05, 0) is 25.1 Å². The molecule has 0 spiro atoms. The highest BCUT2D eigenvalue weighted by atomic mass is 32.1. The third-order valence-corrected chi connectivity index (χ3v) is 5.95. The van der Waals surface area contributed by atoms with Crippen LogP contribution in [0, 0.1) is 0 Å². The van der Waals surface area contributed by atoms with Gasteiger partial charge in [-0.1, -0.05) is 0 Å². The molecule has 0 amide bonds. The first kappa shape index (κ1) is 16.2. The van der Waals surface area contributed by atoms with Gasteiger partial charge in [-0.2, -0.15) is 5.10 Å². The van der Waals surface area contributed by atoms with Gasteiger partial charge in [0.2, 0.25) is 0 Å². The van der Waals surface area contributed by atoms with E-state index in [2.05, 4.69) is 33.1 Å². The Labute approximate surface area is 156 Å². The van der Waals surface area contributed by atoms with Crippen molar-refractivity contribution in [2.75, 3.05) is 44.3 Å². The molecule has 2 aliphatic rings. The van der Waals surface area contributed by atoms with E-state index in [9.17, 15) is 0 Å². The number of anilines is 1. The molecule has 136 valence electrons. The van der Waals surface area contributed by atoms with Crippen molar-refractivity contribution >= 4 is 22.7 Å². The van der Waals surface area contributed by atoms with Crippen LogP contribution in [0.15, 0.2) is 29.9 Å². The average molecular weight is 370 g/mol. The third-order valence-electron chi connectivity index (χ3n) is 5.19. The second-order valence-corrected chi connectivity index (χ2v) is 7.89. The minimum Gasteiger partial charge on any atom is -0.378 e. The third kappa shape index (κ3) is 3.20. The molecule has 26 heavy (non-hydrogen) atoms. The van der Waals surface area contributed by atoms with E-state index in [-0.39, 0.29) is 0 Å². The fourth-order valence-electron chi connectivity index (χ4n) is 3.78. The maximum atomic E-state index is 5.44. The SMILES string of the molecule is c1csc(CN2CC[C@@H](c3nc4ccc(N5CCOCC5)cn4n3)C2)n1. The number of morpholine rings is 1. The first-order valence-corrected chi connectivity index (χ1v) is 10.0. The fourth-order valence-corrected chi connectivity index (χ4v) is 4.44. The van der Waals surface area contributed by atoms with Gasteiger partial charge in [-0.15, -0.1) is 11.3 Å². The Balaban J connectivity index is 1.31. The van der Waals surface area contributed by atoms with Crippen LogP contribution in [0.2, 0.25) is 0 Å². The van der Waals surface area contributed by atoms with Gasteiger partial charge >= 0.3 is 0 Å². The molecular weight excluding hydrogens is 348 g/mol. The van der Waals surface area contributed by atoms with Crippen LogP contribution < -0.4 is 4.90 Å². The molecule has 0 N–H and O–H groups in total. The Morgan fingerprint density at radius 3 is 2.96 bits per heavy atom. The lowest BCUT2D eigenvalue weighted by Crippen LogP contribution is -2.36. The Morgan fingerprint density at radius 1 is 1.19 bits per heavy atom. The second kappa shape index (κ2) is 6.94. The van der Waals surface area contributed by atoms with Crippen LogP contribution in [-0.4, -0.2) is 63.9 Å². The van der Waals surface area contributed by atoms with Gasteiger partial charge in [0.05, 0.1) is 31.6 Å². The molecule has 5 heterocycles. The van der Waals surface area contributed by atoms with Crippen molar-refractivity contribution < 1.29 is 4.74 Å². The molecule has 3 aromatic heterocycles. The summed E-state index contributed by atoms with van der Waals surface area (Å²) in [5, 5.41) is 8.01. The van der Waals surface area contributed by atoms with Gasteiger partial charge in [0.1, 0.15) is 5.01 Å². The molecule has 2 saturated heterocycles. The molecule has 8 heteroatoms. The highest BCUT2D eigenvalue weighted by Crippen LogP contribution is 2.27. The van der Waals surface area contributed by atoms with Crippen molar-refractivity contribution in [3.8, 4) is 0 Å². The van der Waals surface area contributed by atoms with Crippen molar-refractivity contribution in [1.82, 2.24) is 24.5 Å². The van der Waals surface area contributed by atoms with Crippen molar-refractivity contribution in [3.63, 3.8) is 0 Å².